The Hall–Kier alpha value is -1.61. The average molecular weight is 276 g/mol. The molecule has 19 heavy (non-hydrogen) atoms. The molecule has 1 heterocycles. The van der Waals surface area contributed by atoms with Crippen LogP contribution in [0.2, 0.25) is 0 Å². The van der Waals surface area contributed by atoms with Crippen molar-refractivity contribution in [2.75, 3.05) is 4.90 Å². The van der Waals surface area contributed by atoms with E-state index >= 15 is 0 Å². The highest BCUT2D eigenvalue weighted by atomic mass is 35.5. The SMILES string of the molecule is Cc1ccc(N2C(=O)[C@@H]3CC=C(Cl)C[C@H]3C2=O)cc1. The van der Waals surface area contributed by atoms with Gasteiger partial charge in [-0.25, -0.2) is 0 Å². The van der Waals surface area contributed by atoms with Crippen LogP contribution in [-0.4, -0.2) is 11.8 Å². The number of fused-ring (bicyclic) bond motifs is 1. The second-order valence-electron chi connectivity index (χ2n) is 5.15. The van der Waals surface area contributed by atoms with Crippen molar-refractivity contribution in [3.8, 4) is 0 Å². The van der Waals surface area contributed by atoms with Gasteiger partial charge in [-0.3, -0.25) is 14.5 Å². The Morgan fingerprint density at radius 1 is 1.11 bits per heavy atom. The first-order valence-corrected chi connectivity index (χ1v) is 6.75. The molecule has 3 rings (SSSR count). The van der Waals surface area contributed by atoms with Crippen molar-refractivity contribution < 1.29 is 9.59 Å². The van der Waals surface area contributed by atoms with E-state index in [1.54, 1.807) is 0 Å². The quantitative estimate of drug-likeness (QED) is 0.739. The molecule has 3 nitrogen and oxygen atoms in total. The van der Waals surface area contributed by atoms with Gasteiger partial charge in [0.15, 0.2) is 0 Å². The monoisotopic (exact) mass is 275 g/mol. The number of amides is 2. The molecule has 0 aromatic heterocycles. The number of anilines is 1. The number of aryl methyl sites for hydroxylation is 1. The smallest absolute Gasteiger partial charge is 0.238 e. The van der Waals surface area contributed by atoms with Gasteiger partial charge in [-0.1, -0.05) is 35.4 Å². The van der Waals surface area contributed by atoms with E-state index in [9.17, 15) is 9.59 Å². The first kappa shape index (κ1) is 12.4. The van der Waals surface area contributed by atoms with Gasteiger partial charge in [0.25, 0.3) is 0 Å². The highest BCUT2D eigenvalue weighted by Gasteiger charge is 2.48. The molecular weight excluding hydrogens is 262 g/mol. The molecule has 0 spiro atoms. The van der Waals surface area contributed by atoms with Crippen LogP contribution in [0.5, 0.6) is 0 Å². The predicted octanol–water partition coefficient (Wildman–Crippen LogP) is 3.02. The molecule has 0 N–H and O–H groups in total. The molecule has 2 aliphatic rings. The maximum absolute atomic E-state index is 12.4. The summed E-state index contributed by atoms with van der Waals surface area (Å²) in [4.78, 5) is 26.1. The molecule has 98 valence electrons. The molecular formula is C15H14ClNO2. The number of hydrogen-bond acceptors (Lipinski definition) is 2. The molecule has 1 aliphatic carbocycles. The van der Waals surface area contributed by atoms with E-state index in [0.29, 0.717) is 23.6 Å². The van der Waals surface area contributed by atoms with Crippen LogP contribution in [0.1, 0.15) is 18.4 Å². The maximum Gasteiger partial charge on any atom is 0.238 e. The van der Waals surface area contributed by atoms with E-state index in [1.165, 1.54) is 4.90 Å². The van der Waals surface area contributed by atoms with Crippen molar-refractivity contribution in [2.45, 2.75) is 19.8 Å². The Morgan fingerprint density at radius 3 is 2.42 bits per heavy atom. The van der Waals surface area contributed by atoms with Crippen molar-refractivity contribution in [2.24, 2.45) is 11.8 Å². The molecule has 1 fully saturated rings. The van der Waals surface area contributed by atoms with Gasteiger partial charge in [-0.2, -0.15) is 0 Å². The molecule has 2 atom stereocenters. The zero-order valence-corrected chi connectivity index (χ0v) is 11.4. The van der Waals surface area contributed by atoms with E-state index < -0.39 is 0 Å². The van der Waals surface area contributed by atoms with Gasteiger partial charge in [0, 0.05) is 5.03 Å². The summed E-state index contributed by atoms with van der Waals surface area (Å²) in [5.41, 5.74) is 1.76. The predicted molar refractivity (Wildman–Crippen MR) is 73.8 cm³/mol. The number of imide groups is 1. The summed E-state index contributed by atoms with van der Waals surface area (Å²) >= 11 is 5.99. The van der Waals surface area contributed by atoms with E-state index in [2.05, 4.69) is 0 Å². The molecule has 4 heteroatoms. The lowest BCUT2D eigenvalue weighted by Crippen LogP contribution is -2.30. The number of rotatable bonds is 1. The molecule has 1 aliphatic heterocycles. The number of carbonyl (C=O) groups is 2. The Morgan fingerprint density at radius 2 is 1.74 bits per heavy atom. The van der Waals surface area contributed by atoms with E-state index in [-0.39, 0.29) is 23.7 Å². The van der Waals surface area contributed by atoms with Crippen LogP contribution < -0.4 is 4.90 Å². The highest BCUT2D eigenvalue weighted by Crippen LogP contribution is 2.40. The molecule has 1 aromatic carbocycles. The standard InChI is InChI=1S/C15H14ClNO2/c1-9-2-5-11(6-3-9)17-14(18)12-7-4-10(16)8-13(12)15(17)19/h2-6,12-13H,7-8H2,1H3/t12-,13-/m1/s1. The number of carbonyl (C=O) groups excluding carboxylic acids is 2. The topological polar surface area (TPSA) is 37.4 Å². The molecule has 0 bridgehead atoms. The van der Waals surface area contributed by atoms with Crippen LogP contribution in [0.4, 0.5) is 5.69 Å². The molecule has 2 amide bonds. The van der Waals surface area contributed by atoms with Crippen LogP contribution in [0.25, 0.3) is 0 Å². The summed E-state index contributed by atoms with van der Waals surface area (Å²) in [6, 6.07) is 7.45. The summed E-state index contributed by atoms with van der Waals surface area (Å²) in [6.07, 6.45) is 2.90. The average Bonchev–Trinajstić information content (AvgIpc) is 2.63. The third-order valence-corrected chi connectivity index (χ3v) is 4.17. The van der Waals surface area contributed by atoms with Crippen LogP contribution in [-0.2, 0) is 9.59 Å². The summed E-state index contributed by atoms with van der Waals surface area (Å²) in [6.45, 7) is 1.97. The van der Waals surface area contributed by atoms with Gasteiger partial charge in [0.1, 0.15) is 0 Å². The number of hydrogen-bond donors (Lipinski definition) is 0. The Bertz CT molecular complexity index is 576. The summed E-state index contributed by atoms with van der Waals surface area (Å²) in [7, 11) is 0. The van der Waals surface area contributed by atoms with Crippen molar-refractivity contribution >= 4 is 29.1 Å². The first-order valence-electron chi connectivity index (χ1n) is 6.37. The summed E-state index contributed by atoms with van der Waals surface area (Å²) in [5, 5.41) is 0.688. The van der Waals surface area contributed by atoms with Gasteiger partial charge < -0.3 is 0 Å². The fourth-order valence-electron chi connectivity index (χ4n) is 2.78. The van der Waals surface area contributed by atoms with Crippen molar-refractivity contribution in [3.05, 3.63) is 40.9 Å². The van der Waals surface area contributed by atoms with E-state index in [4.69, 9.17) is 11.6 Å². The van der Waals surface area contributed by atoms with Gasteiger partial charge in [-0.05, 0) is 31.9 Å². The minimum absolute atomic E-state index is 0.0979. The number of allylic oxidation sites excluding steroid dienone is 2. The van der Waals surface area contributed by atoms with Gasteiger partial charge in [-0.15, -0.1) is 0 Å². The lowest BCUT2D eigenvalue weighted by atomic mass is 9.85. The third kappa shape index (κ3) is 1.98. The largest absolute Gasteiger partial charge is 0.274 e. The normalized spacial score (nSPS) is 26.4. The lowest BCUT2D eigenvalue weighted by Gasteiger charge is -2.17. The van der Waals surface area contributed by atoms with Crippen LogP contribution in [0, 0.1) is 18.8 Å². The van der Waals surface area contributed by atoms with E-state index in [1.807, 2.05) is 37.3 Å². The van der Waals surface area contributed by atoms with Crippen LogP contribution in [0.3, 0.4) is 0 Å². The minimum Gasteiger partial charge on any atom is -0.274 e. The summed E-state index contributed by atoms with van der Waals surface area (Å²) in [5.74, 6) is -0.744. The Balaban J connectivity index is 1.95. The number of benzene rings is 1. The van der Waals surface area contributed by atoms with Crippen LogP contribution in [0.15, 0.2) is 35.4 Å². The number of nitrogens with zero attached hydrogens (tertiary/aromatic N) is 1. The zero-order valence-electron chi connectivity index (χ0n) is 10.6. The Kier molecular flexibility index (Phi) is 2.94. The molecule has 0 saturated carbocycles. The second-order valence-corrected chi connectivity index (χ2v) is 5.64. The van der Waals surface area contributed by atoms with E-state index in [0.717, 1.165) is 5.56 Å². The zero-order chi connectivity index (χ0) is 13.6. The van der Waals surface area contributed by atoms with Crippen molar-refractivity contribution in [1.29, 1.82) is 0 Å². The summed E-state index contributed by atoms with van der Waals surface area (Å²) < 4.78 is 0. The number of halogens is 1. The van der Waals surface area contributed by atoms with Gasteiger partial charge in [0.05, 0.1) is 17.5 Å². The lowest BCUT2D eigenvalue weighted by molar-refractivity contribution is -0.122. The van der Waals surface area contributed by atoms with Crippen molar-refractivity contribution in [3.63, 3.8) is 0 Å². The highest BCUT2D eigenvalue weighted by molar-refractivity contribution is 6.30. The fourth-order valence-corrected chi connectivity index (χ4v) is 3.03. The first-order chi connectivity index (χ1) is 9.08. The Labute approximate surface area is 116 Å². The molecule has 0 unspecified atom stereocenters. The molecule has 0 radical (unpaired) electrons. The van der Waals surface area contributed by atoms with Crippen LogP contribution >= 0.6 is 11.6 Å². The second kappa shape index (κ2) is 4.49. The van der Waals surface area contributed by atoms with Gasteiger partial charge in [0.2, 0.25) is 11.8 Å². The minimum atomic E-state index is -0.286. The molecule has 1 aromatic rings. The van der Waals surface area contributed by atoms with Gasteiger partial charge >= 0.3 is 0 Å². The third-order valence-electron chi connectivity index (χ3n) is 3.86. The van der Waals surface area contributed by atoms with Crippen molar-refractivity contribution in [1.82, 2.24) is 0 Å². The molecule has 1 saturated heterocycles. The fraction of sp³-hybridized carbons (Fsp3) is 0.333. The maximum atomic E-state index is 12.4.